The number of halogens is 1. The molecule has 2 N–H and O–H groups in total. The zero-order chi connectivity index (χ0) is 9.99. The van der Waals surface area contributed by atoms with Crippen LogP contribution < -0.4 is 0 Å². The summed E-state index contributed by atoms with van der Waals surface area (Å²) in [6.07, 6.45) is -0.556. The fraction of sp³-hybridized carbons (Fsp3) is 1.00. The molecule has 0 heterocycles. The quantitative estimate of drug-likeness (QED) is 0.515. The summed E-state index contributed by atoms with van der Waals surface area (Å²) in [6, 6.07) is 0. The van der Waals surface area contributed by atoms with Crippen LogP contribution in [-0.2, 0) is 20.2 Å². The van der Waals surface area contributed by atoms with Gasteiger partial charge in [0.05, 0.1) is 5.75 Å². The third kappa shape index (κ3) is 5.72. The van der Waals surface area contributed by atoms with E-state index in [4.69, 9.17) is 20.7 Å². The van der Waals surface area contributed by atoms with Crippen LogP contribution in [0, 0.1) is 0 Å². The Morgan fingerprint density at radius 3 is 1.83 bits per heavy atom. The summed E-state index contributed by atoms with van der Waals surface area (Å²) in [5.74, 6) is -0.805. The highest BCUT2D eigenvalue weighted by molar-refractivity contribution is 7.88. The van der Waals surface area contributed by atoms with Crippen LogP contribution in [0.1, 0.15) is 6.42 Å². The lowest BCUT2D eigenvalue weighted by molar-refractivity contribution is 0.473. The minimum absolute atomic E-state index is 0.556. The molecule has 0 bridgehead atoms. The minimum atomic E-state index is -4.44. The van der Waals surface area contributed by atoms with E-state index in [0.29, 0.717) is 0 Å². The molecule has 1 unspecified atom stereocenters. The number of hydrogen-bond donors (Lipinski definition) is 2. The zero-order valence-electron chi connectivity index (χ0n) is 5.71. The molecule has 0 aliphatic heterocycles. The van der Waals surface area contributed by atoms with Gasteiger partial charge >= 0.3 is 0 Å². The Hall–Kier alpha value is 0.110. The average Bonchev–Trinajstić information content (AvgIpc) is 1.78. The molecule has 0 aliphatic rings. The van der Waals surface area contributed by atoms with Crippen molar-refractivity contribution in [3.05, 3.63) is 0 Å². The van der Waals surface area contributed by atoms with E-state index in [1.165, 1.54) is 0 Å². The SMILES string of the molecule is O=S(=O)(O)CCC(Cl)S(=O)(=O)O. The number of alkyl halides is 1. The fourth-order valence-electron chi connectivity index (χ4n) is 0.391. The molecule has 0 aromatic heterocycles. The van der Waals surface area contributed by atoms with Crippen molar-refractivity contribution < 1.29 is 25.9 Å². The molecule has 1 atom stereocenters. The Balaban J connectivity index is 4.16. The lowest BCUT2D eigenvalue weighted by Gasteiger charge is -2.02. The van der Waals surface area contributed by atoms with Gasteiger partial charge in [-0.2, -0.15) is 16.8 Å². The van der Waals surface area contributed by atoms with Crippen LogP contribution in [0.2, 0.25) is 0 Å². The van der Waals surface area contributed by atoms with Crippen LogP contribution in [0.5, 0.6) is 0 Å². The van der Waals surface area contributed by atoms with E-state index in [1.807, 2.05) is 0 Å². The lowest BCUT2D eigenvalue weighted by atomic mass is 10.6. The van der Waals surface area contributed by atoms with Crippen molar-refractivity contribution in [1.29, 1.82) is 0 Å². The van der Waals surface area contributed by atoms with Crippen LogP contribution in [-0.4, -0.2) is 36.4 Å². The molecule has 0 saturated carbocycles. The van der Waals surface area contributed by atoms with Gasteiger partial charge in [0.1, 0.15) is 0 Å². The molecule has 0 spiro atoms. The van der Waals surface area contributed by atoms with Gasteiger partial charge in [-0.3, -0.25) is 9.11 Å². The second kappa shape index (κ2) is 3.88. The van der Waals surface area contributed by atoms with Gasteiger partial charge in [-0.1, -0.05) is 0 Å². The monoisotopic (exact) mass is 238 g/mol. The van der Waals surface area contributed by atoms with E-state index in [-0.39, 0.29) is 0 Å². The first-order valence-corrected chi connectivity index (χ1v) is 6.23. The molecular formula is C3H7ClO6S2. The molecule has 0 rings (SSSR count). The van der Waals surface area contributed by atoms with Gasteiger partial charge in [0.25, 0.3) is 20.2 Å². The molecule has 0 aromatic rings. The Morgan fingerprint density at radius 1 is 1.17 bits per heavy atom. The predicted molar refractivity (Wildman–Crippen MR) is 42.2 cm³/mol. The molecule has 9 heteroatoms. The van der Waals surface area contributed by atoms with Gasteiger partial charge in [0.2, 0.25) is 0 Å². The van der Waals surface area contributed by atoms with Crippen molar-refractivity contribution in [3.63, 3.8) is 0 Å². The Kier molecular flexibility index (Phi) is 3.91. The fourth-order valence-corrected chi connectivity index (χ4v) is 1.73. The van der Waals surface area contributed by atoms with Crippen molar-refractivity contribution in [2.75, 3.05) is 5.75 Å². The highest BCUT2D eigenvalue weighted by Crippen LogP contribution is 2.09. The summed E-state index contributed by atoms with van der Waals surface area (Å²) < 4.78 is 55.3. The van der Waals surface area contributed by atoms with Crippen molar-refractivity contribution in [1.82, 2.24) is 0 Å². The largest absolute Gasteiger partial charge is 0.286 e. The molecule has 6 nitrogen and oxygen atoms in total. The molecule has 0 fully saturated rings. The van der Waals surface area contributed by atoms with Gasteiger partial charge in [0, 0.05) is 0 Å². The molecule has 0 aromatic carbocycles. The second-order valence-electron chi connectivity index (χ2n) is 2.00. The molecule has 0 amide bonds. The van der Waals surface area contributed by atoms with E-state index in [0.717, 1.165) is 0 Å². The highest BCUT2D eigenvalue weighted by atomic mass is 35.5. The first-order chi connectivity index (χ1) is 5.13. The summed E-state index contributed by atoms with van der Waals surface area (Å²) in [7, 11) is -8.67. The van der Waals surface area contributed by atoms with Crippen molar-refractivity contribution in [3.8, 4) is 0 Å². The summed E-state index contributed by atoms with van der Waals surface area (Å²) >= 11 is 5.05. The maximum Gasteiger partial charge on any atom is 0.281 e. The zero-order valence-corrected chi connectivity index (χ0v) is 8.10. The Labute approximate surface area is 75.0 Å². The van der Waals surface area contributed by atoms with Crippen LogP contribution in [0.15, 0.2) is 0 Å². The standard InChI is InChI=1S/C3H7ClO6S2/c4-3(12(8,9)10)1-2-11(5,6)7/h3H,1-2H2,(H,5,6,7)(H,8,9,10). The number of rotatable bonds is 4. The van der Waals surface area contributed by atoms with E-state index in [2.05, 4.69) is 0 Å². The first kappa shape index (κ1) is 12.1. The highest BCUT2D eigenvalue weighted by Gasteiger charge is 2.21. The average molecular weight is 239 g/mol. The Bertz CT molecular complexity index is 328. The van der Waals surface area contributed by atoms with Crippen molar-refractivity contribution in [2.45, 2.75) is 11.1 Å². The van der Waals surface area contributed by atoms with Gasteiger partial charge in [0.15, 0.2) is 4.71 Å². The van der Waals surface area contributed by atoms with Crippen LogP contribution in [0.25, 0.3) is 0 Å². The summed E-state index contributed by atoms with van der Waals surface area (Å²) in [5, 5.41) is 0. The second-order valence-corrected chi connectivity index (χ2v) is 5.96. The maximum absolute atomic E-state index is 10.2. The van der Waals surface area contributed by atoms with Crippen LogP contribution in [0.4, 0.5) is 0 Å². The smallest absolute Gasteiger partial charge is 0.281 e. The molecule has 0 radical (unpaired) electrons. The van der Waals surface area contributed by atoms with Crippen LogP contribution >= 0.6 is 11.6 Å². The topological polar surface area (TPSA) is 109 Å². The van der Waals surface area contributed by atoms with E-state index >= 15 is 0 Å². The van der Waals surface area contributed by atoms with Gasteiger partial charge in [-0.15, -0.1) is 11.6 Å². The van der Waals surface area contributed by atoms with Crippen LogP contribution in [0.3, 0.4) is 0 Å². The summed E-state index contributed by atoms with van der Waals surface area (Å²) in [6.45, 7) is 0. The van der Waals surface area contributed by atoms with E-state index < -0.39 is 37.1 Å². The molecule has 0 saturated heterocycles. The van der Waals surface area contributed by atoms with Crippen molar-refractivity contribution in [2.24, 2.45) is 0 Å². The lowest BCUT2D eigenvalue weighted by Crippen LogP contribution is -2.18. The van der Waals surface area contributed by atoms with Gasteiger partial charge in [-0.25, -0.2) is 0 Å². The summed E-state index contributed by atoms with van der Waals surface area (Å²) in [4.78, 5) is 0. The molecular weight excluding hydrogens is 232 g/mol. The van der Waals surface area contributed by atoms with E-state index in [9.17, 15) is 16.8 Å². The molecule has 74 valence electrons. The third-order valence-corrected chi connectivity index (χ3v) is 3.45. The maximum atomic E-state index is 10.2. The first-order valence-electron chi connectivity index (χ1n) is 2.68. The Morgan fingerprint density at radius 2 is 1.58 bits per heavy atom. The summed E-state index contributed by atoms with van der Waals surface area (Å²) in [5.41, 5.74) is 0. The number of hydrogen-bond acceptors (Lipinski definition) is 4. The normalized spacial score (nSPS) is 15.9. The molecule has 12 heavy (non-hydrogen) atoms. The van der Waals surface area contributed by atoms with Gasteiger partial charge in [-0.05, 0) is 6.42 Å². The van der Waals surface area contributed by atoms with Crippen molar-refractivity contribution >= 4 is 31.8 Å². The van der Waals surface area contributed by atoms with E-state index in [1.54, 1.807) is 0 Å². The predicted octanol–water partition coefficient (Wildman–Crippen LogP) is -0.283. The third-order valence-electron chi connectivity index (χ3n) is 0.926. The minimum Gasteiger partial charge on any atom is -0.286 e. The van der Waals surface area contributed by atoms with Gasteiger partial charge < -0.3 is 0 Å². The molecule has 0 aliphatic carbocycles.